The van der Waals surface area contributed by atoms with Crippen LogP contribution >= 0.6 is 0 Å². The van der Waals surface area contributed by atoms with Gasteiger partial charge in [0.05, 0.1) is 0 Å². The molecule has 4 nitrogen and oxygen atoms in total. The van der Waals surface area contributed by atoms with E-state index in [4.69, 9.17) is 0 Å². The summed E-state index contributed by atoms with van der Waals surface area (Å²) < 4.78 is 0. The van der Waals surface area contributed by atoms with Crippen molar-refractivity contribution in [1.82, 2.24) is 19.6 Å². The molecule has 2 aliphatic rings. The van der Waals surface area contributed by atoms with Crippen molar-refractivity contribution in [3.63, 3.8) is 0 Å². The summed E-state index contributed by atoms with van der Waals surface area (Å²) >= 11 is 0. The van der Waals surface area contributed by atoms with E-state index in [-0.39, 0.29) is 11.1 Å². The number of piperazine rings is 2. The molecule has 0 bridgehead atoms. The molecule has 0 saturated carbocycles. The fourth-order valence-corrected chi connectivity index (χ4v) is 6.39. The lowest BCUT2D eigenvalue weighted by molar-refractivity contribution is -0.0501. The van der Waals surface area contributed by atoms with Crippen LogP contribution in [0.15, 0.2) is 0 Å². The quantitative estimate of drug-likeness (QED) is 0.450. The molecule has 0 N–H and O–H groups in total. The summed E-state index contributed by atoms with van der Waals surface area (Å²) in [4.78, 5) is 10.6. The minimum Gasteiger partial charge on any atom is -0.295 e. The smallest absolute Gasteiger partial charge is 0.0203 e. The third kappa shape index (κ3) is 7.96. The van der Waals surface area contributed by atoms with Crippen molar-refractivity contribution in [2.75, 3.05) is 26.2 Å². The molecule has 0 radical (unpaired) electrons. The van der Waals surface area contributed by atoms with Crippen molar-refractivity contribution in [3.05, 3.63) is 0 Å². The highest BCUT2D eigenvalue weighted by Crippen LogP contribution is 2.30. The molecule has 0 aromatic heterocycles. The molecule has 192 valence electrons. The Kier molecular flexibility index (Phi) is 9.54. The summed E-state index contributed by atoms with van der Waals surface area (Å²) in [5, 5.41) is 0. The predicted octanol–water partition coefficient (Wildman–Crippen LogP) is 5.96. The molecular weight excluding hydrogens is 392 g/mol. The molecule has 2 aliphatic heterocycles. The molecule has 0 unspecified atom stereocenters. The number of rotatable bonds is 0. The molecule has 4 heteroatoms. The van der Waals surface area contributed by atoms with Crippen LogP contribution in [0.25, 0.3) is 0 Å². The molecule has 0 amide bonds. The lowest BCUT2D eigenvalue weighted by atomic mass is 9.94. The lowest BCUT2D eigenvalue weighted by Crippen LogP contribution is -2.65. The topological polar surface area (TPSA) is 13.0 Å². The zero-order valence-electron chi connectivity index (χ0n) is 24.9. The third-order valence-corrected chi connectivity index (χ3v) is 7.28. The van der Waals surface area contributed by atoms with Crippen LogP contribution in [0.5, 0.6) is 0 Å². The SMILES string of the molecule is C[C@@H]1CN(C(C)(C)C)C[C@@H](C)N1C(C)(C)C.C[C@@H]1CN(C(C)(C)C)C[C@H](C)N1C(C)(C)C. The van der Waals surface area contributed by atoms with E-state index in [0.717, 1.165) is 0 Å². The maximum absolute atomic E-state index is 2.66. The van der Waals surface area contributed by atoms with Crippen molar-refractivity contribution >= 4 is 0 Å². The van der Waals surface area contributed by atoms with E-state index in [9.17, 15) is 0 Å². The Morgan fingerprint density at radius 3 is 0.688 bits per heavy atom. The van der Waals surface area contributed by atoms with Crippen molar-refractivity contribution in [2.45, 2.75) is 157 Å². The highest BCUT2D eigenvalue weighted by Gasteiger charge is 2.40. The van der Waals surface area contributed by atoms with Crippen molar-refractivity contribution in [3.8, 4) is 0 Å². The van der Waals surface area contributed by atoms with E-state index >= 15 is 0 Å². The lowest BCUT2D eigenvalue weighted by Gasteiger charge is -2.54. The standard InChI is InChI=1S/2C14H30N2/c2*1-11-9-15(13(3,4)5)10-12(2)16(11)14(6,7)8/h2*11-12H,9-10H2,1-8H3/t11-,12+;11-,12-/m.1/s1. The van der Waals surface area contributed by atoms with E-state index in [1.165, 1.54) is 26.2 Å². The Hall–Kier alpha value is -0.160. The van der Waals surface area contributed by atoms with Crippen LogP contribution < -0.4 is 0 Å². The normalized spacial score (nSPS) is 30.8. The molecule has 0 aromatic carbocycles. The Bertz CT molecular complexity index is 496. The average Bonchev–Trinajstić information content (AvgIpc) is 2.49. The van der Waals surface area contributed by atoms with E-state index in [1.54, 1.807) is 0 Å². The largest absolute Gasteiger partial charge is 0.295 e. The van der Waals surface area contributed by atoms with Gasteiger partial charge in [-0.05, 0) is 111 Å². The fourth-order valence-electron chi connectivity index (χ4n) is 6.39. The fraction of sp³-hybridized carbons (Fsp3) is 1.00. The summed E-state index contributed by atoms with van der Waals surface area (Å²) in [7, 11) is 0. The van der Waals surface area contributed by atoms with Gasteiger partial charge in [0, 0.05) is 72.5 Å². The van der Waals surface area contributed by atoms with Gasteiger partial charge in [-0.2, -0.15) is 0 Å². The van der Waals surface area contributed by atoms with Crippen LogP contribution in [-0.2, 0) is 0 Å². The van der Waals surface area contributed by atoms with Gasteiger partial charge in [-0.1, -0.05) is 0 Å². The van der Waals surface area contributed by atoms with Gasteiger partial charge in [-0.15, -0.1) is 0 Å². The first-order valence-corrected chi connectivity index (χ1v) is 13.1. The first-order chi connectivity index (χ1) is 14.1. The van der Waals surface area contributed by atoms with Gasteiger partial charge in [-0.3, -0.25) is 19.6 Å². The van der Waals surface area contributed by atoms with E-state index < -0.39 is 0 Å². The second kappa shape index (κ2) is 10.2. The van der Waals surface area contributed by atoms with Crippen molar-refractivity contribution in [2.24, 2.45) is 0 Å². The first kappa shape index (κ1) is 29.9. The highest BCUT2D eigenvalue weighted by molar-refractivity contribution is 4.96. The zero-order chi connectivity index (χ0) is 25.4. The van der Waals surface area contributed by atoms with Crippen LogP contribution in [0.3, 0.4) is 0 Å². The molecule has 2 fully saturated rings. The minimum atomic E-state index is 0.281. The van der Waals surface area contributed by atoms with Gasteiger partial charge < -0.3 is 0 Å². The van der Waals surface area contributed by atoms with Crippen LogP contribution in [-0.4, -0.2) is 92.1 Å². The predicted molar refractivity (Wildman–Crippen MR) is 144 cm³/mol. The molecule has 2 saturated heterocycles. The van der Waals surface area contributed by atoms with E-state index in [1.807, 2.05) is 0 Å². The summed E-state index contributed by atoms with van der Waals surface area (Å²) in [6, 6.07) is 2.57. The number of hydrogen-bond acceptors (Lipinski definition) is 4. The molecular formula is C28H60N4. The molecule has 0 aromatic rings. The van der Waals surface area contributed by atoms with Crippen LogP contribution in [0.4, 0.5) is 0 Å². The second-order valence-corrected chi connectivity index (χ2v) is 14.7. The Morgan fingerprint density at radius 1 is 0.375 bits per heavy atom. The average molecular weight is 453 g/mol. The third-order valence-electron chi connectivity index (χ3n) is 7.28. The highest BCUT2D eigenvalue weighted by atomic mass is 15.4. The Morgan fingerprint density at radius 2 is 0.562 bits per heavy atom. The van der Waals surface area contributed by atoms with Crippen LogP contribution in [0, 0.1) is 0 Å². The van der Waals surface area contributed by atoms with Gasteiger partial charge in [0.25, 0.3) is 0 Å². The summed E-state index contributed by atoms with van der Waals surface area (Å²) in [6.07, 6.45) is 0. The molecule has 2 rings (SSSR count). The van der Waals surface area contributed by atoms with E-state index in [0.29, 0.717) is 35.2 Å². The van der Waals surface area contributed by atoms with Crippen molar-refractivity contribution in [1.29, 1.82) is 0 Å². The molecule has 4 atom stereocenters. The summed E-state index contributed by atoms with van der Waals surface area (Å²) in [5.74, 6) is 0. The van der Waals surface area contributed by atoms with Gasteiger partial charge in [-0.25, -0.2) is 0 Å². The molecule has 2 heterocycles. The zero-order valence-corrected chi connectivity index (χ0v) is 24.9. The number of hydrogen-bond donors (Lipinski definition) is 0. The van der Waals surface area contributed by atoms with E-state index in [2.05, 4.69) is 130 Å². The van der Waals surface area contributed by atoms with Gasteiger partial charge >= 0.3 is 0 Å². The van der Waals surface area contributed by atoms with Crippen molar-refractivity contribution < 1.29 is 0 Å². The van der Waals surface area contributed by atoms with Gasteiger partial charge in [0.15, 0.2) is 0 Å². The molecule has 0 aliphatic carbocycles. The summed E-state index contributed by atoms with van der Waals surface area (Å²) in [6.45, 7) is 42.1. The van der Waals surface area contributed by atoms with Crippen LogP contribution in [0.2, 0.25) is 0 Å². The molecule has 32 heavy (non-hydrogen) atoms. The Balaban J connectivity index is 0.000000320. The number of nitrogens with zero attached hydrogens (tertiary/aromatic N) is 4. The first-order valence-electron chi connectivity index (χ1n) is 13.1. The molecule has 0 spiro atoms. The second-order valence-electron chi connectivity index (χ2n) is 14.7. The maximum Gasteiger partial charge on any atom is 0.0203 e. The van der Waals surface area contributed by atoms with Crippen LogP contribution in [0.1, 0.15) is 111 Å². The van der Waals surface area contributed by atoms with Gasteiger partial charge in [0.1, 0.15) is 0 Å². The monoisotopic (exact) mass is 452 g/mol. The Labute approximate surface area is 203 Å². The maximum atomic E-state index is 2.66. The summed E-state index contributed by atoms with van der Waals surface area (Å²) in [5.41, 5.74) is 1.16. The minimum absolute atomic E-state index is 0.281. The van der Waals surface area contributed by atoms with Gasteiger partial charge in [0.2, 0.25) is 0 Å².